The average molecular weight is 584 g/mol. The van der Waals surface area contributed by atoms with Gasteiger partial charge in [-0.15, -0.1) is 0 Å². The monoisotopic (exact) mass is 583 g/mol. The van der Waals surface area contributed by atoms with Crippen molar-refractivity contribution in [3.05, 3.63) is 48.3 Å². The Labute approximate surface area is 231 Å². The molecule has 0 aliphatic carbocycles. The summed E-state index contributed by atoms with van der Waals surface area (Å²) in [6.45, 7) is 7.38. The van der Waals surface area contributed by atoms with E-state index in [2.05, 4.69) is 14.3 Å². The Kier molecular flexibility index (Phi) is 10.0. The first kappa shape index (κ1) is 29.5. The molecule has 4 rings (SSSR count). The number of halogens is 1. The Morgan fingerprint density at radius 3 is 2.23 bits per heavy atom. The quantitative estimate of drug-likeness (QED) is 0.392. The van der Waals surface area contributed by atoms with Crippen molar-refractivity contribution in [3.8, 4) is 0 Å². The van der Waals surface area contributed by atoms with Crippen LogP contribution in [0.5, 0.6) is 0 Å². The van der Waals surface area contributed by atoms with Crippen LogP contribution in [0.15, 0.2) is 47.4 Å². The fraction of sp³-hybridized carbons (Fsp3) is 0.538. The van der Waals surface area contributed by atoms with Gasteiger partial charge >= 0.3 is 0 Å². The molecule has 2 fully saturated rings. The van der Waals surface area contributed by atoms with Crippen LogP contribution in [0.2, 0.25) is 0 Å². The van der Waals surface area contributed by atoms with Crippen LogP contribution in [0, 0.1) is 5.82 Å². The molecule has 2 N–H and O–H groups in total. The van der Waals surface area contributed by atoms with Gasteiger partial charge in [0, 0.05) is 58.0 Å². The minimum atomic E-state index is -3.97. The Hall–Kier alpha value is -2.45. The third-order valence-corrected chi connectivity index (χ3v) is 9.79. The van der Waals surface area contributed by atoms with Gasteiger partial charge in [-0.3, -0.25) is 9.62 Å². The molecular weight excluding hydrogens is 545 g/mol. The molecule has 2 heterocycles. The first-order valence-electron chi connectivity index (χ1n) is 13.4. The van der Waals surface area contributed by atoms with Gasteiger partial charge in [0.05, 0.1) is 30.3 Å². The molecule has 0 spiro atoms. The lowest BCUT2D eigenvalue weighted by molar-refractivity contribution is 0.0390. The number of rotatable bonds is 12. The highest BCUT2D eigenvalue weighted by molar-refractivity contribution is 7.92. The number of piperazine rings is 1. The van der Waals surface area contributed by atoms with Crippen LogP contribution in [-0.4, -0.2) is 93.1 Å². The predicted octanol–water partition coefficient (Wildman–Crippen LogP) is 2.30. The van der Waals surface area contributed by atoms with E-state index in [4.69, 9.17) is 4.74 Å². The number of benzene rings is 2. The number of nitrogens with zero attached hydrogens (tertiary/aromatic N) is 3. The number of anilines is 3. The number of hydrogen-bond donors (Lipinski definition) is 2. The molecule has 2 aromatic rings. The molecule has 0 bridgehead atoms. The van der Waals surface area contributed by atoms with Crippen LogP contribution in [0.4, 0.5) is 21.5 Å². The average Bonchev–Trinajstić information content (AvgIpc) is 2.93. The standard InChI is InChI=1S/C26H38FN5O5S2/c1-2-3-20-38(33,34)29-22-8-9-25(32-14-12-31(13-15-32)24-7-5-4-6-23(24)27)26(21-22)39(35,36)28-10-11-30-16-18-37-19-17-30/h4-9,21,28-29H,2-3,10-20H2,1H3. The second-order valence-electron chi connectivity index (χ2n) is 9.73. The number of morpholine rings is 1. The molecule has 0 unspecified atom stereocenters. The van der Waals surface area contributed by atoms with Crippen LogP contribution >= 0.6 is 0 Å². The lowest BCUT2D eigenvalue weighted by Gasteiger charge is -2.38. The van der Waals surface area contributed by atoms with E-state index < -0.39 is 20.0 Å². The Morgan fingerprint density at radius 1 is 0.897 bits per heavy atom. The largest absolute Gasteiger partial charge is 0.379 e. The van der Waals surface area contributed by atoms with Crippen LogP contribution < -0.4 is 19.2 Å². The molecule has 13 heteroatoms. The van der Waals surface area contributed by atoms with E-state index in [1.165, 1.54) is 12.1 Å². The smallest absolute Gasteiger partial charge is 0.242 e. The van der Waals surface area contributed by atoms with Crippen molar-refractivity contribution in [2.45, 2.75) is 24.7 Å². The molecule has 2 aliphatic rings. The minimum absolute atomic E-state index is 0.0134. The zero-order valence-corrected chi connectivity index (χ0v) is 23.9. The molecule has 0 radical (unpaired) electrons. The normalized spacial score (nSPS) is 17.4. The number of unbranched alkanes of at least 4 members (excludes halogenated alkanes) is 1. The van der Waals surface area contributed by atoms with E-state index in [9.17, 15) is 21.2 Å². The summed E-state index contributed by atoms with van der Waals surface area (Å²) in [5.74, 6) is -0.332. The van der Waals surface area contributed by atoms with E-state index >= 15 is 0 Å². The Morgan fingerprint density at radius 2 is 1.56 bits per heavy atom. The summed E-state index contributed by atoms with van der Waals surface area (Å²) in [5, 5.41) is 0. The van der Waals surface area contributed by atoms with Crippen molar-refractivity contribution in [2.24, 2.45) is 0 Å². The second-order valence-corrected chi connectivity index (χ2v) is 13.3. The van der Waals surface area contributed by atoms with Crippen molar-refractivity contribution in [3.63, 3.8) is 0 Å². The van der Waals surface area contributed by atoms with Crippen LogP contribution in [0.1, 0.15) is 19.8 Å². The van der Waals surface area contributed by atoms with Gasteiger partial charge in [0.1, 0.15) is 10.7 Å². The van der Waals surface area contributed by atoms with E-state index in [-0.39, 0.29) is 28.7 Å². The van der Waals surface area contributed by atoms with Crippen molar-refractivity contribution in [2.75, 3.05) is 85.8 Å². The summed E-state index contributed by atoms with van der Waals surface area (Å²) in [6, 6.07) is 11.2. The lowest BCUT2D eigenvalue weighted by Crippen LogP contribution is -2.47. The highest BCUT2D eigenvalue weighted by Gasteiger charge is 2.27. The maximum Gasteiger partial charge on any atom is 0.242 e. The number of nitrogens with one attached hydrogen (secondary N) is 2. The number of para-hydroxylation sites is 1. The van der Waals surface area contributed by atoms with Crippen molar-refractivity contribution >= 4 is 37.1 Å². The van der Waals surface area contributed by atoms with Gasteiger partial charge in [0.15, 0.2) is 0 Å². The SMILES string of the molecule is CCCCS(=O)(=O)Nc1ccc(N2CCN(c3ccccc3F)CC2)c(S(=O)(=O)NCCN2CCOCC2)c1. The number of ether oxygens (including phenoxy) is 1. The lowest BCUT2D eigenvalue weighted by atomic mass is 10.2. The molecule has 216 valence electrons. The number of sulfonamides is 2. The maximum absolute atomic E-state index is 14.3. The van der Waals surface area contributed by atoms with Crippen LogP contribution in [-0.2, 0) is 24.8 Å². The zero-order valence-electron chi connectivity index (χ0n) is 22.3. The fourth-order valence-electron chi connectivity index (χ4n) is 4.76. The van der Waals surface area contributed by atoms with Gasteiger partial charge < -0.3 is 14.5 Å². The minimum Gasteiger partial charge on any atom is -0.379 e. The Bertz CT molecular complexity index is 1310. The summed E-state index contributed by atoms with van der Waals surface area (Å²) in [7, 11) is -7.58. The van der Waals surface area contributed by atoms with Crippen LogP contribution in [0.3, 0.4) is 0 Å². The molecule has 0 amide bonds. The fourth-order valence-corrected chi connectivity index (χ4v) is 7.28. The summed E-state index contributed by atoms with van der Waals surface area (Å²) < 4.78 is 77.0. The van der Waals surface area contributed by atoms with Crippen molar-refractivity contribution in [1.82, 2.24) is 9.62 Å². The van der Waals surface area contributed by atoms with Gasteiger partial charge in [0.25, 0.3) is 0 Å². The predicted molar refractivity (Wildman–Crippen MR) is 152 cm³/mol. The molecular formula is C26H38FN5O5S2. The van der Waals surface area contributed by atoms with E-state index in [0.717, 1.165) is 19.5 Å². The molecule has 0 saturated carbocycles. The Balaban J connectivity index is 1.54. The molecule has 0 aromatic heterocycles. The first-order valence-corrected chi connectivity index (χ1v) is 16.5. The zero-order chi connectivity index (χ0) is 27.9. The van der Waals surface area contributed by atoms with Crippen molar-refractivity contribution in [1.29, 1.82) is 0 Å². The summed E-state index contributed by atoms with van der Waals surface area (Å²) in [6.07, 6.45) is 1.24. The maximum atomic E-state index is 14.3. The molecule has 39 heavy (non-hydrogen) atoms. The van der Waals surface area contributed by atoms with Gasteiger partial charge in [-0.1, -0.05) is 25.5 Å². The summed E-state index contributed by atoms with van der Waals surface area (Å²) in [4.78, 5) is 6.03. The molecule has 10 nitrogen and oxygen atoms in total. The number of hydrogen-bond acceptors (Lipinski definition) is 8. The van der Waals surface area contributed by atoms with E-state index in [1.54, 1.807) is 30.3 Å². The molecule has 2 saturated heterocycles. The topological polar surface area (TPSA) is 111 Å². The second kappa shape index (κ2) is 13.3. The molecule has 2 aromatic carbocycles. The van der Waals surface area contributed by atoms with Gasteiger partial charge in [0.2, 0.25) is 20.0 Å². The van der Waals surface area contributed by atoms with Gasteiger partial charge in [-0.2, -0.15) is 0 Å². The van der Waals surface area contributed by atoms with E-state index in [0.29, 0.717) is 63.7 Å². The molecule has 0 atom stereocenters. The van der Waals surface area contributed by atoms with E-state index in [1.807, 2.05) is 16.7 Å². The third-order valence-electron chi connectivity index (χ3n) is 6.93. The van der Waals surface area contributed by atoms with Crippen LogP contribution in [0.25, 0.3) is 0 Å². The molecule has 2 aliphatic heterocycles. The third kappa shape index (κ3) is 8.04. The highest BCUT2D eigenvalue weighted by Crippen LogP contribution is 2.31. The summed E-state index contributed by atoms with van der Waals surface area (Å²) >= 11 is 0. The van der Waals surface area contributed by atoms with Crippen molar-refractivity contribution < 1.29 is 26.0 Å². The summed E-state index contributed by atoms with van der Waals surface area (Å²) in [5.41, 5.74) is 1.21. The first-order chi connectivity index (χ1) is 18.7. The van der Waals surface area contributed by atoms with Gasteiger partial charge in [-0.05, 0) is 36.8 Å². The highest BCUT2D eigenvalue weighted by atomic mass is 32.2. The van der Waals surface area contributed by atoms with Gasteiger partial charge in [-0.25, -0.2) is 25.9 Å².